The molecule has 106 valence electrons. The van der Waals surface area contributed by atoms with Crippen molar-refractivity contribution in [2.75, 3.05) is 26.3 Å². The van der Waals surface area contributed by atoms with E-state index in [9.17, 15) is 0 Å². The summed E-state index contributed by atoms with van der Waals surface area (Å²) in [4.78, 5) is 2.43. The van der Waals surface area contributed by atoms with E-state index in [-0.39, 0.29) is 6.04 Å². The lowest BCUT2D eigenvalue weighted by Crippen LogP contribution is -2.46. The molecule has 1 fully saturated rings. The Morgan fingerprint density at radius 3 is 2.90 bits per heavy atom. The number of nitrogens with two attached hydrogens (primary N) is 1. The van der Waals surface area contributed by atoms with Gasteiger partial charge in [-0.1, -0.05) is 42.5 Å². The van der Waals surface area contributed by atoms with E-state index in [0.717, 1.165) is 26.3 Å². The number of benzene rings is 2. The third-order valence-electron chi connectivity index (χ3n) is 4.16. The lowest BCUT2D eigenvalue weighted by atomic mass is 9.98. The summed E-state index contributed by atoms with van der Waals surface area (Å²) < 4.78 is 5.49. The standard InChI is InChI=1S/C17H22N2O/c1-13-12-20-10-9-19(13)11-17(18)16-8-4-6-14-5-2-3-7-15(14)16/h2-8,13,17H,9-12,18H2,1H3. The lowest BCUT2D eigenvalue weighted by Gasteiger charge is -2.35. The smallest absolute Gasteiger partial charge is 0.0619 e. The van der Waals surface area contributed by atoms with Crippen LogP contribution < -0.4 is 5.73 Å². The van der Waals surface area contributed by atoms with Crippen LogP contribution in [0.3, 0.4) is 0 Å². The Bertz CT molecular complexity index is 579. The Morgan fingerprint density at radius 1 is 1.25 bits per heavy atom. The van der Waals surface area contributed by atoms with Crippen LogP contribution in [0.4, 0.5) is 0 Å². The number of hydrogen-bond acceptors (Lipinski definition) is 3. The molecule has 0 saturated carbocycles. The molecule has 0 aromatic heterocycles. The monoisotopic (exact) mass is 270 g/mol. The molecule has 20 heavy (non-hydrogen) atoms. The second-order valence-corrected chi connectivity index (χ2v) is 5.59. The summed E-state index contributed by atoms with van der Waals surface area (Å²) in [5, 5.41) is 2.53. The van der Waals surface area contributed by atoms with Gasteiger partial charge in [-0.2, -0.15) is 0 Å². The van der Waals surface area contributed by atoms with Gasteiger partial charge in [0.25, 0.3) is 0 Å². The Morgan fingerprint density at radius 2 is 2.05 bits per heavy atom. The van der Waals surface area contributed by atoms with E-state index < -0.39 is 0 Å². The van der Waals surface area contributed by atoms with Gasteiger partial charge in [-0.15, -0.1) is 0 Å². The number of fused-ring (bicyclic) bond motifs is 1. The number of nitrogens with zero attached hydrogens (tertiary/aromatic N) is 1. The molecule has 3 heteroatoms. The first-order valence-corrected chi connectivity index (χ1v) is 7.31. The first-order chi connectivity index (χ1) is 9.75. The van der Waals surface area contributed by atoms with E-state index in [1.165, 1.54) is 16.3 Å². The van der Waals surface area contributed by atoms with Gasteiger partial charge < -0.3 is 10.5 Å². The number of rotatable bonds is 3. The van der Waals surface area contributed by atoms with Crippen molar-refractivity contribution >= 4 is 10.8 Å². The molecule has 1 aliphatic heterocycles. The Hall–Kier alpha value is -1.42. The maximum atomic E-state index is 6.47. The highest BCUT2D eigenvalue weighted by molar-refractivity contribution is 5.86. The highest BCUT2D eigenvalue weighted by atomic mass is 16.5. The SMILES string of the molecule is CC1COCCN1CC(N)c1cccc2ccccc12. The van der Waals surface area contributed by atoms with Gasteiger partial charge in [-0.05, 0) is 23.3 Å². The molecular formula is C17H22N2O. The van der Waals surface area contributed by atoms with Gasteiger partial charge >= 0.3 is 0 Å². The van der Waals surface area contributed by atoms with Crippen molar-refractivity contribution in [3.63, 3.8) is 0 Å². The minimum absolute atomic E-state index is 0.0432. The number of morpholine rings is 1. The van der Waals surface area contributed by atoms with Gasteiger partial charge in [0.2, 0.25) is 0 Å². The van der Waals surface area contributed by atoms with Crippen LogP contribution in [0.5, 0.6) is 0 Å². The average molecular weight is 270 g/mol. The molecule has 0 amide bonds. The zero-order valence-corrected chi connectivity index (χ0v) is 12.0. The molecule has 0 spiro atoms. The van der Waals surface area contributed by atoms with Gasteiger partial charge in [-0.25, -0.2) is 0 Å². The second-order valence-electron chi connectivity index (χ2n) is 5.59. The summed E-state index contributed by atoms with van der Waals surface area (Å²) in [5.41, 5.74) is 7.71. The molecule has 1 saturated heterocycles. The van der Waals surface area contributed by atoms with Crippen LogP contribution in [0.15, 0.2) is 42.5 Å². The molecule has 2 aromatic carbocycles. The Balaban J connectivity index is 1.83. The van der Waals surface area contributed by atoms with Crippen molar-refractivity contribution in [1.29, 1.82) is 0 Å². The van der Waals surface area contributed by atoms with E-state index in [0.29, 0.717) is 6.04 Å². The van der Waals surface area contributed by atoms with Crippen molar-refractivity contribution in [2.45, 2.75) is 19.0 Å². The summed E-state index contributed by atoms with van der Waals surface area (Å²) in [6.07, 6.45) is 0. The topological polar surface area (TPSA) is 38.5 Å². The van der Waals surface area contributed by atoms with Crippen molar-refractivity contribution in [3.05, 3.63) is 48.0 Å². The summed E-state index contributed by atoms with van der Waals surface area (Å²) in [7, 11) is 0. The molecule has 1 heterocycles. The zero-order valence-electron chi connectivity index (χ0n) is 12.0. The van der Waals surface area contributed by atoms with Gasteiger partial charge in [-0.3, -0.25) is 4.90 Å². The summed E-state index contributed by atoms with van der Waals surface area (Å²) in [5.74, 6) is 0. The van der Waals surface area contributed by atoms with Crippen LogP contribution >= 0.6 is 0 Å². The summed E-state index contributed by atoms with van der Waals surface area (Å²) in [6, 6.07) is 15.3. The summed E-state index contributed by atoms with van der Waals surface area (Å²) >= 11 is 0. The molecule has 2 N–H and O–H groups in total. The lowest BCUT2D eigenvalue weighted by molar-refractivity contribution is -0.00275. The minimum Gasteiger partial charge on any atom is -0.379 e. The van der Waals surface area contributed by atoms with Crippen molar-refractivity contribution in [2.24, 2.45) is 5.73 Å². The maximum Gasteiger partial charge on any atom is 0.0619 e. The van der Waals surface area contributed by atoms with Crippen molar-refractivity contribution in [3.8, 4) is 0 Å². The maximum absolute atomic E-state index is 6.47. The van der Waals surface area contributed by atoms with Crippen LogP contribution in [0.2, 0.25) is 0 Å². The van der Waals surface area contributed by atoms with E-state index >= 15 is 0 Å². The van der Waals surface area contributed by atoms with Gasteiger partial charge in [0.15, 0.2) is 0 Å². The molecular weight excluding hydrogens is 248 g/mol. The molecule has 0 bridgehead atoms. The fourth-order valence-electron chi connectivity index (χ4n) is 2.96. The molecule has 3 nitrogen and oxygen atoms in total. The van der Waals surface area contributed by atoms with Crippen LogP contribution in [-0.4, -0.2) is 37.2 Å². The number of ether oxygens (including phenoxy) is 1. The summed E-state index contributed by atoms with van der Waals surface area (Å²) in [6.45, 7) is 5.68. The normalized spacial score (nSPS) is 22.0. The quantitative estimate of drug-likeness (QED) is 0.931. The first kappa shape index (κ1) is 13.6. The predicted molar refractivity (Wildman–Crippen MR) is 82.7 cm³/mol. The van der Waals surface area contributed by atoms with Gasteiger partial charge in [0, 0.05) is 25.2 Å². The highest BCUT2D eigenvalue weighted by Gasteiger charge is 2.21. The molecule has 0 radical (unpaired) electrons. The largest absolute Gasteiger partial charge is 0.379 e. The van der Waals surface area contributed by atoms with Crippen molar-refractivity contribution in [1.82, 2.24) is 4.90 Å². The van der Waals surface area contributed by atoms with Crippen molar-refractivity contribution < 1.29 is 4.74 Å². The molecule has 2 unspecified atom stereocenters. The molecule has 2 atom stereocenters. The molecule has 1 aliphatic rings. The highest BCUT2D eigenvalue weighted by Crippen LogP contribution is 2.24. The van der Waals surface area contributed by atoms with E-state index in [1.54, 1.807) is 0 Å². The Kier molecular flexibility index (Phi) is 4.01. The average Bonchev–Trinajstić information content (AvgIpc) is 2.49. The fraction of sp³-hybridized carbons (Fsp3) is 0.412. The van der Waals surface area contributed by atoms with Crippen LogP contribution in [-0.2, 0) is 4.74 Å². The predicted octanol–water partition coefficient (Wildman–Crippen LogP) is 2.56. The van der Waals surface area contributed by atoms with Gasteiger partial charge in [0.05, 0.1) is 13.2 Å². The third kappa shape index (κ3) is 2.70. The zero-order chi connectivity index (χ0) is 13.9. The van der Waals surface area contributed by atoms with Crippen LogP contribution in [0.1, 0.15) is 18.5 Å². The number of hydrogen-bond donors (Lipinski definition) is 1. The fourth-order valence-corrected chi connectivity index (χ4v) is 2.96. The molecule has 0 aliphatic carbocycles. The Labute approximate surface area is 120 Å². The second kappa shape index (κ2) is 5.92. The van der Waals surface area contributed by atoms with E-state index in [2.05, 4.69) is 54.3 Å². The first-order valence-electron chi connectivity index (χ1n) is 7.31. The van der Waals surface area contributed by atoms with E-state index in [4.69, 9.17) is 10.5 Å². The third-order valence-corrected chi connectivity index (χ3v) is 4.16. The van der Waals surface area contributed by atoms with E-state index in [1.807, 2.05) is 0 Å². The molecule has 3 rings (SSSR count). The molecule has 2 aromatic rings. The van der Waals surface area contributed by atoms with Crippen LogP contribution in [0, 0.1) is 0 Å². The minimum atomic E-state index is 0.0432. The van der Waals surface area contributed by atoms with Crippen LogP contribution in [0.25, 0.3) is 10.8 Å². The van der Waals surface area contributed by atoms with Gasteiger partial charge in [0.1, 0.15) is 0 Å².